The number of carbonyl (C=O) groups excluding carboxylic acids is 3. The Balaban J connectivity index is 2.01. The van der Waals surface area contributed by atoms with Gasteiger partial charge in [-0.25, -0.2) is 14.0 Å². The molecule has 1 aromatic carbocycles. The number of primary amides is 1. The summed E-state index contributed by atoms with van der Waals surface area (Å²) in [6.45, 7) is 1.66. The zero-order chi connectivity index (χ0) is 17.7. The largest absolute Gasteiger partial charge is 0.453 e. The van der Waals surface area contributed by atoms with Crippen LogP contribution in [0.25, 0.3) is 0 Å². The molecule has 1 aromatic rings. The molecule has 0 atom stereocenters. The van der Waals surface area contributed by atoms with Gasteiger partial charge >= 0.3 is 12.1 Å². The number of urea groups is 1. The van der Waals surface area contributed by atoms with E-state index in [-0.39, 0.29) is 11.3 Å². The molecule has 8 nitrogen and oxygen atoms in total. The minimum Gasteiger partial charge on any atom is -0.453 e. The molecule has 4 amide bonds. The highest BCUT2D eigenvalue weighted by molar-refractivity contribution is 5.96. The van der Waals surface area contributed by atoms with Crippen molar-refractivity contribution in [2.24, 2.45) is 5.73 Å². The molecule has 3 N–H and O–H groups in total. The molecular weight excluding hydrogens is 319 g/mol. The zero-order valence-corrected chi connectivity index (χ0v) is 13.3. The quantitative estimate of drug-likeness (QED) is 0.846. The van der Waals surface area contributed by atoms with E-state index in [1.807, 2.05) is 0 Å². The van der Waals surface area contributed by atoms with Crippen LogP contribution in [0.1, 0.15) is 16.8 Å². The average Bonchev–Trinajstić information content (AvgIpc) is 2.81. The van der Waals surface area contributed by atoms with Crippen molar-refractivity contribution in [2.75, 3.05) is 38.6 Å². The Labute approximate surface area is 138 Å². The molecule has 1 heterocycles. The molecule has 0 unspecified atom stereocenters. The molecule has 1 aliphatic heterocycles. The Morgan fingerprint density at radius 2 is 1.83 bits per heavy atom. The Hall–Kier alpha value is -2.84. The molecule has 0 aromatic heterocycles. The van der Waals surface area contributed by atoms with Gasteiger partial charge < -0.3 is 25.6 Å². The number of anilines is 1. The van der Waals surface area contributed by atoms with E-state index < -0.39 is 23.8 Å². The number of benzene rings is 1. The number of methoxy groups -OCH3 is 1. The molecule has 0 bridgehead atoms. The molecule has 24 heavy (non-hydrogen) atoms. The number of halogens is 1. The minimum absolute atomic E-state index is 0.268. The predicted octanol–water partition coefficient (Wildman–Crippen LogP) is 1.23. The molecule has 0 aliphatic carbocycles. The first kappa shape index (κ1) is 17.5. The second-order valence-electron chi connectivity index (χ2n) is 5.29. The lowest BCUT2D eigenvalue weighted by molar-refractivity contribution is 0.0996. The van der Waals surface area contributed by atoms with Crippen LogP contribution < -0.4 is 11.1 Å². The summed E-state index contributed by atoms with van der Waals surface area (Å²) in [5, 5.41) is 2.60. The molecule has 130 valence electrons. The molecule has 0 saturated carbocycles. The van der Waals surface area contributed by atoms with Crippen molar-refractivity contribution in [3.63, 3.8) is 0 Å². The van der Waals surface area contributed by atoms with Gasteiger partial charge in [-0.05, 0) is 24.6 Å². The van der Waals surface area contributed by atoms with Gasteiger partial charge in [0.1, 0.15) is 5.82 Å². The monoisotopic (exact) mass is 338 g/mol. The van der Waals surface area contributed by atoms with Crippen molar-refractivity contribution in [2.45, 2.75) is 6.42 Å². The highest BCUT2D eigenvalue weighted by atomic mass is 19.1. The standard InChI is InChI=1S/C15H19FN4O4/c1-24-15(23)20-6-2-5-19(7-8-20)14(22)18-10-3-4-12(16)11(9-10)13(17)21/h3-4,9H,2,5-8H2,1H3,(H2,17,21)(H,18,22). The van der Waals surface area contributed by atoms with Gasteiger partial charge in [0.05, 0.1) is 12.7 Å². The number of nitrogens with zero attached hydrogens (tertiary/aromatic N) is 2. The van der Waals surface area contributed by atoms with E-state index in [0.717, 1.165) is 6.07 Å². The fraction of sp³-hybridized carbons (Fsp3) is 0.400. The summed E-state index contributed by atoms with van der Waals surface area (Å²) in [5.41, 5.74) is 5.06. The van der Waals surface area contributed by atoms with E-state index >= 15 is 0 Å². The minimum atomic E-state index is -0.910. The number of carbonyl (C=O) groups is 3. The molecule has 2 rings (SSSR count). The number of nitrogens with one attached hydrogen (secondary N) is 1. The highest BCUT2D eigenvalue weighted by Crippen LogP contribution is 2.15. The Bertz CT molecular complexity index is 652. The SMILES string of the molecule is COC(=O)N1CCCN(C(=O)Nc2ccc(F)c(C(N)=O)c2)CC1. The lowest BCUT2D eigenvalue weighted by atomic mass is 10.2. The van der Waals surface area contributed by atoms with Crippen LogP contribution in [-0.4, -0.2) is 61.1 Å². The zero-order valence-electron chi connectivity index (χ0n) is 13.3. The first-order chi connectivity index (χ1) is 11.4. The van der Waals surface area contributed by atoms with Crippen molar-refractivity contribution in [1.29, 1.82) is 0 Å². The molecule has 0 spiro atoms. The van der Waals surface area contributed by atoms with Crippen LogP contribution in [0.3, 0.4) is 0 Å². The summed E-state index contributed by atoms with van der Waals surface area (Å²) in [5.74, 6) is -1.66. The second kappa shape index (κ2) is 7.62. The number of hydrogen-bond donors (Lipinski definition) is 2. The Morgan fingerprint density at radius 3 is 2.50 bits per heavy atom. The van der Waals surface area contributed by atoms with Crippen LogP contribution in [0, 0.1) is 5.82 Å². The van der Waals surface area contributed by atoms with Crippen molar-refractivity contribution < 1.29 is 23.5 Å². The van der Waals surface area contributed by atoms with E-state index in [1.165, 1.54) is 29.0 Å². The van der Waals surface area contributed by atoms with Gasteiger partial charge in [0, 0.05) is 31.9 Å². The van der Waals surface area contributed by atoms with Gasteiger partial charge in [-0.1, -0.05) is 0 Å². The smallest absolute Gasteiger partial charge is 0.409 e. The van der Waals surface area contributed by atoms with Crippen molar-refractivity contribution in [1.82, 2.24) is 9.80 Å². The van der Waals surface area contributed by atoms with Crippen LogP contribution in [0.15, 0.2) is 18.2 Å². The average molecular weight is 338 g/mol. The van der Waals surface area contributed by atoms with Gasteiger partial charge in [0.25, 0.3) is 5.91 Å². The number of rotatable bonds is 2. The Kier molecular flexibility index (Phi) is 5.56. The number of hydrogen-bond acceptors (Lipinski definition) is 4. The summed E-state index contributed by atoms with van der Waals surface area (Å²) in [7, 11) is 1.31. The maximum atomic E-state index is 13.4. The fourth-order valence-corrected chi connectivity index (χ4v) is 2.43. The summed E-state index contributed by atoms with van der Waals surface area (Å²) in [6, 6.07) is 3.20. The normalized spacial score (nSPS) is 14.8. The lowest BCUT2D eigenvalue weighted by Crippen LogP contribution is -2.39. The number of nitrogens with two attached hydrogens (primary N) is 1. The summed E-state index contributed by atoms with van der Waals surface area (Å²) >= 11 is 0. The topological polar surface area (TPSA) is 105 Å². The van der Waals surface area contributed by atoms with Gasteiger partial charge in [-0.3, -0.25) is 4.79 Å². The van der Waals surface area contributed by atoms with E-state index in [9.17, 15) is 18.8 Å². The van der Waals surface area contributed by atoms with Crippen LogP contribution in [0.4, 0.5) is 19.7 Å². The van der Waals surface area contributed by atoms with Gasteiger partial charge in [-0.15, -0.1) is 0 Å². The van der Waals surface area contributed by atoms with Crippen molar-refractivity contribution in [3.8, 4) is 0 Å². The number of amides is 4. The molecule has 9 heteroatoms. The van der Waals surface area contributed by atoms with Gasteiger partial charge in [0.2, 0.25) is 0 Å². The molecule has 1 saturated heterocycles. The summed E-state index contributed by atoms with van der Waals surface area (Å²) < 4.78 is 18.1. The van der Waals surface area contributed by atoms with E-state index in [2.05, 4.69) is 10.1 Å². The van der Waals surface area contributed by atoms with Crippen LogP contribution in [0.2, 0.25) is 0 Å². The van der Waals surface area contributed by atoms with Gasteiger partial charge in [-0.2, -0.15) is 0 Å². The first-order valence-corrected chi connectivity index (χ1v) is 7.40. The first-order valence-electron chi connectivity index (χ1n) is 7.40. The molecular formula is C15H19FN4O4. The number of ether oxygens (including phenoxy) is 1. The molecule has 1 fully saturated rings. The highest BCUT2D eigenvalue weighted by Gasteiger charge is 2.22. The summed E-state index contributed by atoms with van der Waals surface area (Å²) in [4.78, 5) is 38.0. The second-order valence-corrected chi connectivity index (χ2v) is 5.29. The third-order valence-electron chi connectivity index (χ3n) is 3.70. The molecule has 0 radical (unpaired) electrons. The van der Waals surface area contributed by atoms with Crippen molar-refractivity contribution in [3.05, 3.63) is 29.6 Å². The Morgan fingerprint density at radius 1 is 1.17 bits per heavy atom. The fourth-order valence-electron chi connectivity index (χ4n) is 2.43. The van der Waals surface area contributed by atoms with Crippen LogP contribution in [0.5, 0.6) is 0 Å². The third kappa shape index (κ3) is 4.12. The summed E-state index contributed by atoms with van der Waals surface area (Å²) in [6.07, 6.45) is 0.181. The maximum absolute atomic E-state index is 13.4. The van der Waals surface area contributed by atoms with Crippen LogP contribution in [-0.2, 0) is 4.74 Å². The lowest BCUT2D eigenvalue weighted by Gasteiger charge is -2.22. The van der Waals surface area contributed by atoms with Crippen molar-refractivity contribution >= 4 is 23.7 Å². The van der Waals surface area contributed by atoms with E-state index in [1.54, 1.807) is 0 Å². The van der Waals surface area contributed by atoms with Crippen LogP contribution >= 0.6 is 0 Å². The molecule has 1 aliphatic rings. The predicted molar refractivity (Wildman–Crippen MR) is 84.1 cm³/mol. The third-order valence-corrected chi connectivity index (χ3v) is 3.70. The maximum Gasteiger partial charge on any atom is 0.409 e. The van der Waals surface area contributed by atoms with E-state index in [4.69, 9.17) is 5.73 Å². The van der Waals surface area contributed by atoms with Gasteiger partial charge in [0.15, 0.2) is 0 Å². The van der Waals surface area contributed by atoms with E-state index in [0.29, 0.717) is 32.6 Å².